The molecule has 0 atom stereocenters. The number of anilines is 1. The summed E-state index contributed by atoms with van der Waals surface area (Å²) in [6.07, 6.45) is 0. The molecule has 0 heterocycles. The van der Waals surface area contributed by atoms with Crippen LogP contribution in [0, 0.1) is 11.8 Å². The lowest BCUT2D eigenvalue weighted by atomic mass is 10.3. The van der Waals surface area contributed by atoms with Crippen LogP contribution in [-0.4, -0.2) is 6.54 Å². The summed E-state index contributed by atoms with van der Waals surface area (Å²) in [5, 5.41) is 3.88. The number of hydrogen-bond donors (Lipinski definition) is 1. The molecule has 1 rings (SSSR count). The van der Waals surface area contributed by atoms with Crippen LogP contribution in [0.4, 0.5) is 5.69 Å². The predicted octanol–water partition coefficient (Wildman–Crippen LogP) is 3.54. The molecule has 0 unspecified atom stereocenters. The molecule has 68 valence electrons. The molecule has 0 saturated carbocycles. The zero-order chi connectivity index (χ0) is 9.68. The van der Waals surface area contributed by atoms with Crippen molar-refractivity contribution in [1.82, 2.24) is 0 Å². The molecule has 1 N–H and O–H groups in total. The molecule has 3 heteroatoms. The van der Waals surface area contributed by atoms with Gasteiger partial charge in [-0.2, -0.15) is 0 Å². The molecule has 1 aromatic carbocycles. The van der Waals surface area contributed by atoms with E-state index in [-0.39, 0.29) is 0 Å². The maximum absolute atomic E-state index is 5.79. The lowest BCUT2D eigenvalue weighted by Gasteiger charge is -2.04. The second-order valence-corrected chi connectivity index (χ2v) is 3.70. The van der Waals surface area contributed by atoms with Gasteiger partial charge in [0.2, 0.25) is 0 Å². The summed E-state index contributed by atoms with van der Waals surface area (Å²) in [6, 6.07) is 5.61. The second-order valence-electron chi connectivity index (χ2n) is 2.40. The fourth-order valence-corrected chi connectivity index (χ4v) is 1.68. The molecule has 0 aliphatic carbocycles. The number of nitrogens with one attached hydrogen (secondary N) is 1. The second kappa shape index (κ2) is 5.16. The van der Waals surface area contributed by atoms with Gasteiger partial charge in [-0.15, -0.1) is 5.92 Å². The maximum Gasteiger partial charge on any atom is 0.0766 e. The molecule has 0 aliphatic heterocycles. The van der Waals surface area contributed by atoms with Gasteiger partial charge in [0, 0.05) is 15.2 Å². The zero-order valence-corrected chi connectivity index (χ0v) is 9.54. The molecule has 13 heavy (non-hydrogen) atoms. The molecular weight excluding hydrogens is 249 g/mol. The molecule has 0 amide bonds. The zero-order valence-electron chi connectivity index (χ0n) is 7.20. The van der Waals surface area contributed by atoms with Crippen molar-refractivity contribution in [2.24, 2.45) is 0 Å². The molecular formula is C10H9BrClN. The van der Waals surface area contributed by atoms with Crippen LogP contribution in [0.2, 0.25) is 5.02 Å². The standard InChI is InChI=1S/C10H9BrClN/c1-2-3-6-13-10-5-4-8(12)7-9(10)11/h4-5,7,13H,6H2,1H3. The summed E-state index contributed by atoms with van der Waals surface area (Å²) >= 11 is 9.20. The van der Waals surface area contributed by atoms with Crippen LogP contribution < -0.4 is 5.32 Å². The highest BCUT2D eigenvalue weighted by Crippen LogP contribution is 2.25. The van der Waals surface area contributed by atoms with Gasteiger partial charge in [0.15, 0.2) is 0 Å². The van der Waals surface area contributed by atoms with Gasteiger partial charge in [-0.25, -0.2) is 0 Å². The number of rotatable bonds is 2. The van der Waals surface area contributed by atoms with Crippen molar-refractivity contribution in [3.8, 4) is 11.8 Å². The Balaban J connectivity index is 2.70. The van der Waals surface area contributed by atoms with Crippen LogP contribution in [0.25, 0.3) is 0 Å². The molecule has 0 spiro atoms. The van der Waals surface area contributed by atoms with E-state index in [1.165, 1.54) is 0 Å². The number of halogens is 2. The largest absolute Gasteiger partial charge is 0.373 e. The summed E-state index contributed by atoms with van der Waals surface area (Å²) < 4.78 is 0.956. The minimum Gasteiger partial charge on any atom is -0.373 e. The van der Waals surface area contributed by atoms with Crippen molar-refractivity contribution < 1.29 is 0 Å². The lowest BCUT2D eigenvalue weighted by molar-refractivity contribution is 1.36. The lowest BCUT2D eigenvalue weighted by Crippen LogP contribution is -1.98. The van der Waals surface area contributed by atoms with Crippen molar-refractivity contribution >= 4 is 33.2 Å². The molecule has 0 radical (unpaired) electrons. The predicted molar refractivity (Wildman–Crippen MR) is 61.1 cm³/mol. The average molecular weight is 259 g/mol. The van der Waals surface area contributed by atoms with Crippen LogP contribution in [0.3, 0.4) is 0 Å². The van der Waals surface area contributed by atoms with Crippen molar-refractivity contribution in [2.45, 2.75) is 6.92 Å². The van der Waals surface area contributed by atoms with Crippen LogP contribution in [0.15, 0.2) is 22.7 Å². The third-order valence-corrected chi connectivity index (χ3v) is 2.37. The molecule has 0 bridgehead atoms. The summed E-state index contributed by atoms with van der Waals surface area (Å²) in [6.45, 7) is 2.47. The van der Waals surface area contributed by atoms with Gasteiger partial charge in [-0.05, 0) is 41.1 Å². The van der Waals surface area contributed by atoms with Crippen LogP contribution in [-0.2, 0) is 0 Å². The van der Waals surface area contributed by atoms with E-state index in [0.29, 0.717) is 6.54 Å². The number of hydrogen-bond acceptors (Lipinski definition) is 1. The molecule has 0 aliphatic rings. The molecule has 0 fully saturated rings. The van der Waals surface area contributed by atoms with E-state index in [1.54, 1.807) is 0 Å². The molecule has 0 saturated heterocycles. The van der Waals surface area contributed by atoms with E-state index >= 15 is 0 Å². The highest BCUT2D eigenvalue weighted by atomic mass is 79.9. The Morgan fingerprint density at radius 3 is 2.92 bits per heavy atom. The average Bonchev–Trinajstić information content (AvgIpc) is 2.09. The Labute approximate surface area is 91.6 Å². The Morgan fingerprint density at radius 2 is 2.31 bits per heavy atom. The Hall–Kier alpha value is -0.650. The summed E-state index contributed by atoms with van der Waals surface area (Å²) in [5.74, 6) is 5.74. The van der Waals surface area contributed by atoms with E-state index in [2.05, 4.69) is 33.1 Å². The van der Waals surface area contributed by atoms with Gasteiger partial charge in [0.25, 0.3) is 0 Å². The first-order chi connectivity index (χ1) is 6.24. The third-order valence-electron chi connectivity index (χ3n) is 1.48. The first-order valence-electron chi connectivity index (χ1n) is 3.82. The summed E-state index contributed by atoms with van der Waals surface area (Å²) in [7, 11) is 0. The Morgan fingerprint density at radius 1 is 1.54 bits per heavy atom. The quantitative estimate of drug-likeness (QED) is 0.800. The first-order valence-corrected chi connectivity index (χ1v) is 4.99. The van der Waals surface area contributed by atoms with E-state index in [4.69, 9.17) is 11.6 Å². The summed E-state index contributed by atoms with van der Waals surface area (Å²) in [5.41, 5.74) is 1.01. The van der Waals surface area contributed by atoms with Crippen molar-refractivity contribution in [1.29, 1.82) is 0 Å². The molecule has 1 nitrogen and oxygen atoms in total. The van der Waals surface area contributed by atoms with Crippen molar-refractivity contribution in [3.63, 3.8) is 0 Å². The third kappa shape index (κ3) is 3.30. The van der Waals surface area contributed by atoms with Gasteiger partial charge in [-0.1, -0.05) is 17.5 Å². The van der Waals surface area contributed by atoms with Gasteiger partial charge in [-0.3, -0.25) is 0 Å². The first kappa shape index (κ1) is 10.4. The highest BCUT2D eigenvalue weighted by molar-refractivity contribution is 9.10. The summed E-state index contributed by atoms with van der Waals surface area (Å²) in [4.78, 5) is 0. The molecule has 1 aromatic rings. The highest BCUT2D eigenvalue weighted by Gasteiger charge is 1.97. The minimum atomic E-state index is 0.650. The van der Waals surface area contributed by atoms with Crippen LogP contribution in [0.5, 0.6) is 0 Å². The monoisotopic (exact) mass is 257 g/mol. The SMILES string of the molecule is CC#CCNc1ccc(Cl)cc1Br. The Bertz CT molecular complexity index is 352. The van der Waals surface area contributed by atoms with Gasteiger partial charge in [0.1, 0.15) is 0 Å². The van der Waals surface area contributed by atoms with Gasteiger partial charge >= 0.3 is 0 Å². The van der Waals surface area contributed by atoms with E-state index in [1.807, 2.05) is 25.1 Å². The van der Waals surface area contributed by atoms with Crippen LogP contribution in [0.1, 0.15) is 6.92 Å². The number of benzene rings is 1. The van der Waals surface area contributed by atoms with Crippen molar-refractivity contribution in [2.75, 3.05) is 11.9 Å². The fourth-order valence-electron chi connectivity index (χ4n) is 0.861. The van der Waals surface area contributed by atoms with E-state index in [0.717, 1.165) is 15.2 Å². The topological polar surface area (TPSA) is 12.0 Å². The van der Waals surface area contributed by atoms with E-state index in [9.17, 15) is 0 Å². The Kier molecular flexibility index (Phi) is 4.14. The van der Waals surface area contributed by atoms with Gasteiger partial charge < -0.3 is 5.32 Å². The maximum atomic E-state index is 5.79. The van der Waals surface area contributed by atoms with Crippen LogP contribution >= 0.6 is 27.5 Å². The molecule has 0 aromatic heterocycles. The van der Waals surface area contributed by atoms with Crippen molar-refractivity contribution in [3.05, 3.63) is 27.7 Å². The smallest absolute Gasteiger partial charge is 0.0766 e. The van der Waals surface area contributed by atoms with Gasteiger partial charge in [0.05, 0.1) is 6.54 Å². The normalized spacial score (nSPS) is 8.85. The van der Waals surface area contributed by atoms with E-state index < -0.39 is 0 Å². The fraction of sp³-hybridized carbons (Fsp3) is 0.200. The minimum absolute atomic E-state index is 0.650.